The molecule has 1 aromatic heterocycles. The van der Waals surface area contributed by atoms with E-state index in [4.69, 9.17) is 9.15 Å². The lowest BCUT2D eigenvalue weighted by Crippen LogP contribution is -2.46. The van der Waals surface area contributed by atoms with Crippen LogP contribution in [-0.4, -0.2) is 54.3 Å². The first-order chi connectivity index (χ1) is 15.0. The van der Waals surface area contributed by atoms with E-state index in [1.165, 1.54) is 0 Å². The van der Waals surface area contributed by atoms with Gasteiger partial charge in [0.15, 0.2) is 0 Å². The van der Waals surface area contributed by atoms with Gasteiger partial charge in [-0.15, -0.1) is 0 Å². The van der Waals surface area contributed by atoms with Gasteiger partial charge < -0.3 is 19.2 Å². The van der Waals surface area contributed by atoms with Gasteiger partial charge in [0.2, 0.25) is 0 Å². The van der Waals surface area contributed by atoms with Crippen molar-refractivity contribution in [2.75, 3.05) is 44.2 Å². The molecule has 0 aliphatic carbocycles. The predicted molar refractivity (Wildman–Crippen MR) is 116 cm³/mol. The maximum Gasteiger partial charge on any atom is 0.339 e. The molecule has 162 valence electrons. The molecule has 9 heteroatoms. The molecule has 1 saturated heterocycles. The molecule has 0 radical (unpaired) electrons. The van der Waals surface area contributed by atoms with E-state index in [0.29, 0.717) is 23.3 Å². The van der Waals surface area contributed by atoms with E-state index in [9.17, 15) is 20.0 Å². The minimum absolute atomic E-state index is 0.104. The fourth-order valence-corrected chi connectivity index (χ4v) is 3.71. The van der Waals surface area contributed by atoms with Crippen LogP contribution in [0, 0.1) is 10.1 Å². The third kappa shape index (κ3) is 4.95. The first-order valence-electron chi connectivity index (χ1n) is 10.1. The second-order valence-corrected chi connectivity index (χ2v) is 7.41. The van der Waals surface area contributed by atoms with Gasteiger partial charge in [0, 0.05) is 56.6 Å². The van der Waals surface area contributed by atoms with Gasteiger partial charge in [0.1, 0.15) is 17.1 Å². The van der Waals surface area contributed by atoms with Crippen LogP contribution in [0.3, 0.4) is 0 Å². The van der Waals surface area contributed by atoms with E-state index in [0.717, 1.165) is 50.9 Å². The molecule has 0 atom stereocenters. The number of nitro groups is 1. The van der Waals surface area contributed by atoms with E-state index in [1.807, 2.05) is 0 Å². The predicted octanol–water partition coefficient (Wildman–Crippen LogP) is 3.00. The van der Waals surface area contributed by atoms with E-state index in [2.05, 4.69) is 9.80 Å². The molecular weight excluding hydrogens is 402 g/mol. The monoisotopic (exact) mass is 425 g/mol. The number of fused-ring (bicyclic) bond motifs is 1. The van der Waals surface area contributed by atoms with Crippen LogP contribution >= 0.6 is 0 Å². The first-order valence-corrected chi connectivity index (χ1v) is 10.1. The molecule has 4 rings (SSSR count). The summed E-state index contributed by atoms with van der Waals surface area (Å²) in [7, 11) is 0. The molecule has 1 fully saturated rings. The summed E-state index contributed by atoms with van der Waals surface area (Å²) >= 11 is 0. The molecule has 1 aliphatic rings. The van der Waals surface area contributed by atoms with Crippen LogP contribution in [-0.2, 0) is 0 Å². The molecule has 9 nitrogen and oxygen atoms in total. The SMILES string of the molecule is O=c1cc(O)c2ccc(OCCCN3CCN(c4ccc([N+](=O)[O-])cc4)CC3)cc2o1. The number of non-ortho nitro benzene ring substituents is 1. The van der Waals surface area contributed by atoms with Gasteiger partial charge in [-0.25, -0.2) is 4.79 Å². The van der Waals surface area contributed by atoms with Crippen molar-refractivity contribution in [3.8, 4) is 11.5 Å². The summed E-state index contributed by atoms with van der Waals surface area (Å²) in [5, 5.41) is 21.0. The number of benzene rings is 2. The second kappa shape index (κ2) is 9.05. The number of hydrogen-bond acceptors (Lipinski definition) is 8. The molecule has 0 spiro atoms. The van der Waals surface area contributed by atoms with Crippen molar-refractivity contribution in [2.24, 2.45) is 0 Å². The number of piperazine rings is 1. The number of aromatic hydroxyl groups is 1. The topological polar surface area (TPSA) is 109 Å². The Morgan fingerprint density at radius 2 is 1.81 bits per heavy atom. The second-order valence-electron chi connectivity index (χ2n) is 7.41. The van der Waals surface area contributed by atoms with Crippen molar-refractivity contribution < 1.29 is 19.2 Å². The average Bonchev–Trinajstić information content (AvgIpc) is 2.77. The molecule has 31 heavy (non-hydrogen) atoms. The lowest BCUT2D eigenvalue weighted by molar-refractivity contribution is -0.384. The van der Waals surface area contributed by atoms with Crippen molar-refractivity contribution in [2.45, 2.75) is 6.42 Å². The van der Waals surface area contributed by atoms with Crippen LogP contribution in [0.25, 0.3) is 11.0 Å². The molecule has 1 aliphatic heterocycles. The number of hydrogen-bond donors (Lipinski definition) is 1. The number of nitrogens with zero attached hydrogens (tertiary/aromatic N) is 3. The van der Waals surface area contributed by atoms with Gasteiger partial charge in [0.05, 0.1) is 23.0 Å². The Bertz CT molecular complexity index is 1120. The van der Waals surface area contributed by atoms with Gasteiger partial charge in [-0.05, 0) is 30.7 Å². The quantitative estimate of drug-likeness (QED) is 0.266. The highest BCUT2D eigenvalue weighted by molar-refractivity contribution is 5.83. The summed E-state index contributed by atoms with van der Waals surface area (Å²) in [4.78, 5) is 26.4. The normalized spacial score (nSPS) is 14.6. The minimum Gasteiger partial charge on any atom is -0.507 e. The zero-order valence-corrected chi connectivity index (χ0v) is 16.9. The lowest BCUT2D eigenvalue weighted by atomic mass is 10.2. The Hall–Kier alpha value is -3.59. The van der Waals surface area contributed by atoms with Crippen LogP contribution in [0.2, 0.25) is 0 Å². The van der Waals surface area contributed by atoms with Crippen molar-refractivity contribution in [1.82, 2.24) is 4.90 Å². The van der Waals surface area contributed by atoms with Crippen molar-refractivity contribution in [3.05, 3.63) is 69.1 Å². The first kappa shape index (κ1) is 20.7. The zero-order valence-electron chi connectivity index (χ0n) is 16.9. The van der Waals surface area contributed by atoms with E-state index < -0.39 is 5.63 Å². The van der Waals surface area contributed by atoms with Gasteiger partial charge in [-0.2, -0.15) is 0 Å². The highest BCUT2D eigenvalue weighted by atomic mass is 16.6. The summed E-state index contributed by atoms with van der Waals surface area (Å²) < 4.78 is 10.9. The Kier molecular flexibility index (Phi) is 6.03. The van der Waals surface area contributed by atoms with Gasteiger partial charge >= 0.3 is 5.63 Å². The van der Waals surface area contributed by atoms with Crippen LogP contribution in [0.5, 0.6) is 11.5 Å². The standard InChI is InChI=1S/C22H23N3O6/c26-20-15-22(27)31-21-14-18(6-7-19(20)21)30-13-1-8-23-9-11-24(12-10-23)16-2-4-17(5-3-16)25(28)29/h2-7,14-15,26H,1,8-13H2. The summed E-state index contributed by atoms with van der Waals surface area (Å²) in [6.45, 7) is 4.99. The summed E-state index contributed by atoms with van der Waals surface area (Å²) in [5.41, 5.74) is 0.801. The van der Waals surface area contributed by atoms with E-state index >= 15 is 0 Å². The van der Waals surface area contributed by atoms with Crippen molar-refractivity contribution in [1.29, 1.82) is 0 Å². The number of ether oxygens (including phenoxy) is 1. The third-order valence-electron chi connectivity index (χ3n) is 5.38. The minimum atomic E-state index is -0.602. The molecule has 0 amide bonds. The molecule has 2 aromatic carbocycles. The van der Waals surface area contributed by atoms with Crippen LogP contribution in [0.4, 0.5) is 11.4 Å². The van der Waals surface area contributed by atoms with Gasteiger partial charge in [-0.1, -0.05) is 0 Å². The molecule has 1 N–H and O–H groups in total. The van der Waals surface area contributed by atoms with Crippen LogP contribution in [0.15, 0.2) is 57.7 Å². The van der Waals surface area contributed by atoms with Crippen LogP contribution < -0.4 is 15.3 Å². The summed E-state index contributed by atoms with van der Waals surface area (Å²) in [6, 6.07) is 12.7. The zero-order chi connectivity index (χ0) is 21.8. The third-order valence-corrected chi connectivity index (χ3v) is 5.38. The number of rotatable bonds is 7. The molecular formula is C22H23N3O6. The van der Waals surface area contributed by atoms with Crippen molar-refractivity contribution >= 4 is 22.3 Å². The summed E-state index contributed by atoms with van der Waals surface area (Å²) in [6.07, 6.45) is 0.847. The Morgan fingerprint density at radius 3 is 2.52 bits per heavy atom. The largest absolute Gasteiger partial charge is 0.507 e. The van der Waals surface area contributed by atoms with Gasteiger partial charge in [0.25, 0.3) is 5.69 Å². The fourth-order valence-electron chi connectivity index (χ4n) is 3.71. The van der Waals surface area contributed by atoms with Gasteiger partial charge in [-0.3, -0.25) is 15.0 Å². The Morgan fingerprint density at radius 1 is 1.06 bits per heavy atom. The fraction of sp³-hybridized carbons (Fsp3) is 0.318. The average molecular weight is 425 g/mol. The highest BCUT2D eigenvalue weighted by Gasteiger charge is 2.17. The number of anilines is 1. The Balaban J connectivity index is 1.22. The van der Waals surface area contributed by atoms with E-state index in [-0.39, 0.29) is 16.4 Å². The smallest absolute Gasteiger partial charge is 0.339 e. The van der Waals surface area contributed by atoms with E-state index in [1.54, 1.807) is 42.5 Å². The van der Waals surface area contributed by atoms with Crippen molar-refractivity contribution in [3.63, 3.8) is 0 Å². The molecule has 3 aromatic rings. The molecule has 0 bridgehead atoms. The maximum atomic E-state index is 11.4. The molecule has 2 heterocycles. The Labute approximate surface area is 178 Å². The lowest BCUT2D eigenvalue weighted by Gasteiger charge is -2.36. The highest BCUT2D eigenvalue weighted by Crippen LogP contribution is 2.26. The number of nitro benzene ring substituents is 1. The van der Waals surface area contributed by atoms with Crippen LogP contribution in [0.1, 0.15) is 6.42 Å². The summed E-state index contributed by atoms with van der Waals surface area (Å²) in [5.74, 6) is 0.481. The maximum absolute atomic E-state index is 11.4. The molecule has 0 saturated carbocycles. The molecule has 0 unspecified atom stereocenters.